The van der Waals surface area contributed by atoms with E-state index in [0.29, 0.717) is 18.0 Å². The molecule has 3 aromatic rings. The third kappa shape index (κ3) is 5.53. The van der Waals surface area contributed by atoms with Gasteiger partial charge in [0.05, 0.1) is 21.3 Å². The minimum absolute atomic E-state index is 0.0790. The van der Waals surface area contributed by atoms with Crippen LogP contribution >= 0.6 is 0 Å². The molecule has 0 spiro atoms. The van der Waals surface area contributed by atoms with Crippen molar-refractivity contribution in [2.75, 3.05) is 16.1 Å². The number of benzene rings is 3. The van der Waals surface area contributed by atoms with Crippen LogP contribution in [-0.2, 0) is 20.0 Å². The summed E-state index contributed by atoms with van der Waals surface area (Å²) >= 11 is 0. The molecule has 3 aromatic carbocycles. The Hall–Kier alpha value is -3.64. The highest BCUT2D eigenvalue weighted by Gasteiger charge is 2.19. The van der Waals surface area contributed by atoms with Crippen LogP contribution in [0.3, 0.4) is 0 Å². The van der Waals surface area contributed by atoms with Gasteiger partial charge in [-0.2, -0.15) is 0 Å². The van der Waals surface area contributed by atoms with Crippen LogP contribution in [0.5, 0.6) is 5.75 Å². The molecule has 0 radical (unpaired) electrons. The van der Waals surface area contributed by atoms with Crippen molar-refractivity contribution in [1.82, 2.24) is 0 Å². The fourth-order valence-electron chi connectivity index (χ4n) is 2.68. The quantitative estimate of drug-likeness (QED) is 0.354. The number of nitrogens with zero attached hydrogens (tertiary/aromatic N) is 1. The van der Waals surface area contributed by atoms with Crippen LogP contribution in [0, 0.1) is 10.1 Å². The van der Waals surface area contributed by atoms with Crippen molar-refractivity contribution in [3.8, 4) is 5.75 Å². The Morgan fingerprint density at radius 2 is 1.34 bits per heavy atom. The molecule has 0 bridgehead atoms. The van der Waals surface area contributed by atoms with Crippen molar-refractivity contribution in [2.24, 2.45) is 0 Å². The second-order valence-corrected chi connectivity index (χ2v) is 9.81. The number of nitrogens with one attached hydrogen (secondary N) is 2. The topological polar surface area (TPSA) is 145 Å². The average Bonchev–Trinajstić information content (AvgIpc) is 2.75. The number of rotatable bonds is 9. The monoisotopic (exact) mass is 477 g/mol. The van der Waals surface area contributed by atoms with Crippen LogP contribution in [0.4, 0.5) is 17.1 Å². The molecule has 0 atom stereocenters. The predicted molar refractivity (Wildman–Crippen MR) is 119 cm³/mol. The third-order valence-corrected chi connectivity index (χ3v) is 6.95. The van der Waals surface area contributed by atoms with E-state index in [1.165, 1.54) is 42.5 Å². The van der Waals surface area contributed by atoms with Gasteiger partial charge in [-0.25, -0.2) is 16.8 Å². The summed E-state index contributed by atoms with van der Waals surface area (Å²) in [4.78, 5) is 9.80. The molecule has 3 rings (SSSR count). The van der Waals surface area contributed by atoms with E-state index in [-0.39, 0.29) is 21.2 Å². The number of non-ortho nitro benzene ring substituents is 1. The lowest BCUT2D eigenvalue weighted by atomic mass is 10.3. The van der Waals surface area contributed by atoms with Crippen LogP contribution in [0.2, 0.25) is 0 Å². The first-order valence-corrected chi connectivity index (χ1v) is 12.2. The number of hydrogen-bond donors (Lipinski definition) is 2. The lowest BCUT2D eigenvalue weighted by molar-refractivity contribution is -0.385. The minimum atomic E-state index is -4.11. The van der Waals surface area contributed by atoms with E-state index in [1.54, 1.807) is 24.3 Å². The van der Waals surface area contributed by atoms with E-state index >= 15 is 0 Å². The van der Waals surface area contributed by atoms with E-state index in [9.17, 15) is 26.9 Å². The van der Waals surface area contributed by atoms with Crippen molar-refractivity contribution >= 4 is 37.1 Å². The number of sulfonamides is 2. The lowest BCUT2D eigenvalue weighted by Crippen LogP contribution is -2.14. The van der Waals surface area contributed by atoms with Gasteiger partial charge in [-0.3, -0.25) is 19.6 Å². The second kappa shape index (κ2) is 9.24. The van der Waals surface area contributed by atoms with E-state index < -0.39 is 25.0 Å². The van der Waals surface area contributed by atoms with Gasteiger partial charge in [0.1, 0.15) is 5.75 Å². The Balaban J connectivity index is 1.75. The molecule has 2 N–H and O–H groups in total. The zero-order valence-electron chi connectivity index (χ0n) is 16.8. The maximum absolute atomic E-state index is 12.6. The van der Waals surface area contributed by atoms with Gasteiger partial charge in [0.25, 0.3) is 25.7 Å². The molecule has 0 saturated carbocycles. The molecule has 0 saturated heterocycles. The molecule has 0 aliphatic carbocycles. The highest BCUT2D eigenvalue weighted by atomic mass is 32.2. The molecule has 0 unspecified atom stereocenters. The summed E-state index contributed by atoms with van der Waals surface area (Å²) in [6, 6.07) is 16.0. The summed E-state index contributed by atoms with van der Waals surface area (Å²) in [6.07, 6.45) is 0. The Kier molecular flexibility index (Phi) is 6.65. The fourth-order valence-corrected chi connectivity index (χ4v) is 4.84. The molecular weight excluding hydrogens is 458 g/mol. The number of nitro benzene ring substituents is 1. The number of nitro groups is 1. The van der Waals surface area contributed by atoms with Gasteiger partial charge in [0, 0.05) is 23.5 Å². The number of anilines is 2. The molecule has 0 aliphatic rings. The van der Waals surface area contributed by atoms with E-state index in [2.05, 4.69) is 9.44 Å². The molecular formula is C20H19N3O7S2. The first kappa shape index (κ1) is 23.0. The fraction of sp³-hybridized carbons (Fsp3) is 0.100. The standard InChI is InChI=1S/C20H19N3O7S2/c1-2-30-18-10-6-15(7-11-18)21-31(26,27)19-12-8-16(9-13-19)22-32(28,29)20-5-3-4-17(14-20)23(24)25/h3-14,21-22H,2H2,1H3. The number of ether oxygens (including phenoxy) is 1. The zero-order chi connectivity index (χ0) is 23.4. The molecule has 0 aliphatic heterocycles. The normalized spacial score (nSPS) is 11.5. The van der Waals surface area contributed by atoms with Crippen LogP contribution in [0.1, 0.15) is 6.92 Å². The largest absolute Gasteiger partial charge is 0.494 e. The van der Waals surface area contributed by atoms with Crippen LogP contribution < -0.4 is 14.2 Å². The summed E-state index contributed by atoms with van der Waals surface area (Å²) in [7, 11) is -8.02. The number of hydrogen-bond acceptors (Lipinski definition) is 7. The Bertz CT molecular complexity index is 1320. The third-order valence-electron chi connectivity index (χ3n) is 4.17. The second-order valence-electron chi connectivity index (χ2n) is 6.45. The van der Waals surface area contributed by atoms with Gasteiger partial charge in [-0.1, -0.05) is 6.07 Å². The van der Waals surface area contributed by atoms with Crippen LogP contribution in [0.25, 0.3) is 0 Å². The Labute approximate surface area is 185 Å². The van der Waals surface area contributed by atoms with E-state index in [1.807, 2.05) is 6.92 Å². The SMILES string of the molecule is CCOc1ccc(NS(=O)(=O)c2ccc(NS(=O)(=O)c3cccc([N+](=O)[O-])c3)cc2)cc1. The van der Waals surface area contributed by atoms with Crippen molar-refractivity contribution in [1.29, 1.82) is 0 Å². The highest BCUT2D eigenvalue weighted by molar-refractivity contribution is 7.93. The maximum Gasteiger partial charge on any atom is 0.270 e. The van der Waals surface area contributed by atoms with Gasteiger partial charge >= 0.3 is 0 Å². The summed E-state index contributed by atoms with van der Waals surface area (Å²) in [5, 5.41) is 10.9. The minimum Gasteiger partial charge on any atom is -0.494 e. The summed E-state index contributed by atoms with van der Waals surface area (Å²) in [5.41, 5.74) is 0.0649. The molecule has 0 fully saturated rings. The van der Waals surface area contributed by atoms with Gasteiger partial charge in [0.15, 0.2) is 0 Å². The van der Waals surface area contributed by atoms with Crippen molar-refractivity contribution in [2.45, 2.75) is 16.7 Å². The van der Waals surface area contributed by atoms with E-state index in [0.717, 1.165) is 6.07 Å². The zero-order valence-corrected chi connectivity index (χ0v) is 18.4. The molecule has 0 heterocycles. The molecule has 0 aromatic heterocycles. The Morgan fingerprint density at radius 1 is 0.812 bits per heavy atom. The van der Waals surface area contributed by atoms with Gasteiger partial charge in [0.2, 0.25) is 0 Å². The molecule has 10 nitrogen and oxygen atoms in total. The first-order valence-electron chi connectivity index (χ1n) is 9.24. The van der Waals surface area contributed by atoms with Gasteiger partial charge in [-0.15, -0.1) is 0 Å². The molecule has 0 amide bonds. The van der Waals surface area contributed by atoms with Gasteiger partial charge in [-0.05, 0) is 61.5 Å². The van der Waals surface area contributed by atoms with Crippen molar-refractivity contribution < 1.29 is 26.5 Å². The van der Waals surface area contributed by atoms with Gasteiger partial charge < -0.3 is 4.74 Å². The van der Waals surface area contributed by atoms with Crippen molar-refractivity contribution in [3.05, 3.63) is 82.9 Å². The summed E-state index contributed by atoms with van der Waals surface area (Å²) in [6.45, 7) is 2.33. The molecule has 168 valence electrons. The summed E-state index contributed by atoms with van der Waals surface area (Å²) in [5.74, 6) is 0.607. The van der Waals surface area contributed by atoms with Crippen LogP contribution in [-0.4, -0.2) is 28.4 Å². The van der Waals surface area contributed by atoms with E-state index in [4.69, 9.17) is 4.74 Å². The highest BCUT2D eigenvalue weighted by Crippen LogP contribution is 2.23. The van der Waals surface area contributed by atoms with Crippen LogP contribution in [0.15, 0.2) is 82.6 Å². The lowest BCUT2D eigenvalue weighted by Gasteiger charge is -2.11. The summed E-state index contributed by atoms with van der Waals surface area (Å²) < 4.78 is 60.2. The maximum atomic E-state index is 12.6. The molecule has 32 heavy (non-hydrogen) atoms. The van der Waals surface area contributed by atoms with Crippen molar-refractivity contribution in [3.63, 3.8) is 0 Å². The Morgan fingerprint density at radius 3 is 1.88 bits per heavy atom. The smallest absolute Gasteiger partial charge is 0.270 e. The molecule has 12 heteroatoms. The first-order chi connectivity index (χ1) is 15.1. The predicted octanol–water partition coefficient (Wildman–Crippen LogP) is 3.60. The average molecular weight is 478 g/mol.